The molecule has 2 aromatic rings. The van der Waals surface area contributed by atoms with Gasteiger partial charge in [-0.3, -0.25) is 4.79 Å². The number of nitrogens with zero attached hydrogens (tertiary/aromatic N) is 2. The molecule has 2 aromatic heterocycles. The lowest BCUT2D eigenvalue weighted by molar-refractivity contribution is -0.129. The molecule has 0 N–H and O–H groups in total. The van der Waals surface area contributed by atoms with E-state index >= 15 is 0 Å². The first-order valence-electron chi connectivity index (χ1n) is 6.43. The van der Waals surface area contributed by atoms with Crippen LogP contribution < -0.4 is 0 Å². The highest BCUT2D eigenvalue weighted by Gasteiger charge is 2.25. The summed E-state index contributed by atoms with van der Waals surface area (Å²) in [6, 6.07) is 7.84. The molecule has 1 amide bonds. The number of carbonyl (C=O) groups excluding carboxylic acids is 1. The minimum atomic E-state index is 0.0244. The maximum atomic E-state index is 12.2. The van der Waals surface area contributed by atoms with Crippen LogP contribution in [-0.2, 0) is 11.3 Å². The minimum Gasteiger partial charge on any atom is -0.465 e. The van der Waals surface area contributed by atoms with Crippen LogP contribution in [0.15, 0.2) is 47.2 Å². The van der Waals surface area contributed by atoms with Gasteiger partial charge in [0, 0.05) is 31.1 Å². The Morgan fingerprint density at radius 2 is 2.26 bits per heavy atom. The molecule has 19 heavy (non-hydrogen) atoms. The molecule has 0 fully saturated rings. The van der Waals surface area contributed by atoms with Gasteiger partial charge in [-0.1, -0.05) is 0 Å². The second-order valence-electron chi connectivity index (χ2n) is 4.68. The fraction of sp³-hybridized carbons (Fsp3) is 0.267. The normalized spacial score (nSPS) is 18.8. The molecular formula is C15H16N2O2. The molecule has 0 spiro atoms. The Bertz CT molecular complexity index is 595. The second kappa shape index (κ2) is 4.80. The highest BCUT2D eigenvalue weighted by atomic mass is 16.3. The van der Waals surface area contributed by atoms with Gasteiger partial charge in [0.05, 0.1) is 12.3 Å². The molecule has 1 atom stereocenters. The molecule has 1 aliphatic rings. The molecule has 1 aliphatic heterocycles. The maximum absolute atomic E-state index is 12.2. The number of furan rings is 1. The van der Waals surface area contributed by atoms with Gasteiger partial charge in [-0.05, 0) is 37.3 Å². The van der Waals surface area contributed by atoms with Gasteiger partial charge in [-0.25, -0.2) is 0 Å². The first kappa shape index (κ1) is 11.8. The number of hydrogen-bond donors (Lipinski definition) is 0. The van der Waals surface area contributed by atoms with E-state index in [0.29, 0.717) is 5.76 Å². The zero-order chi connectivity index (χ0) is 13.2. The van der Waals surface area contributed by atoms with E-state index in [9.17, 15) is 4.79 Å². The standard InChI is InChI=1S/C15H16N2O2/c1-12-14-5-2-8-16(14)9-10-17(12)15(18)7-6-13-4-3-11-19-13/h2-8,11-12H,9-10H2,1H3/b7-6-/t12-/m0/s1. The van der Waals surface area contributed by atoms with Crippen molar-refractivity contribution in [1.29, 1.82) is 0 Å². The highest BCUT2D eigenvalue weighted by Crippen LogP contribution is 2.25. The highest BCUT2D eigenvalue weighted by molar-refractivity contribution is 5.91. The lowest BCUT2D eigenvalue weighted by atomic mass is 10.1. The van der Waals surface area contributed by atoms with Gasteiger partial charge >= 0.3 is 0 Å². The average molecular weight is 256 g/mol. The van der Waals surface area contributed by atoms with Crippen molar-refractivity contribution in [2.75, 3.05) is 6.54 Å². The first-order valence-corrected chi connectivity index (χ1v) is 6.43. The molecule has 0 saturated carbocycles. The largest absolute Gasteiger partial charge is 0.465 e. The molecule has 0 saturated heterocycles. The van der Waals surface area contributed by atoms with Gasteiger partial charge in [0.1, 0.15) is 5.76 Å². The average Bonchev–Trinajstić information content (AvgIpc) is 3.07. The molecule has 0 aliphatic carbocycles. The van der Waals surface area contributed by atoms with Gasteiger partial charge in [0.2, 0.25) is 5.91 Å². The Morgan fingerprint density at radius 3 is 3.05 bits per heavy atom. The topological polar surface area (TPSA) is 38.4 Å². The summed E-state index contributed by atoms with van der Waals surface area (Å²) in [5.41, 5.74) is 1.19. The van der Waals surface area contributed by atoms with Crippen molar-refractivity contribution in [1.82, 2.24) is 9.47 Å². The van der Waals surface area contributed by atoms with Gasteiger partial charge in [-0.2, -0.15) is 0 Å². The molecule has 0 aromatic carbocycles. The van der Waals surface area contributed by atoms with E-state index in [1.54, 1.807) is 24.5 Å². The van der Waals surface area contributed by atoms with E-state index in [0.717, 1.165) is 13.1 Å². The van der Waals surface area contributed by atoms with Crippen LogP contribution in [0, 0.1) is 0 Å². The van der Waals surface area contributed by atoms with E-state index in [1.807, 2.05) is 17.0 Å². The van der Waals surface area contributed by atoms with Crippen LogP contribution >= 0.6 is 0 Å². The van der Waals surface area contributed by atoms with E-state index in [-0.39, 0.29) is 11.9 Å². The fourth-order valence-electron chi connectivity index (χ4n) is 2.52. The van der Waals surface area contributed by atoms with E-state index < -0.39 is 0 Å². The molecule has 0 radical (unpaired) electrons. The summed E-state index contributed by atoms with van der Waals surface area (Å²) in [6.07, 6.45) is 6.95. The summed E-state index contributed by atoms with van der Waals surface area (Å²) < 4.78 is 7.38. The Kier molecular flexibility index (Phi) is 2.99. The van der Waals surface area contributed by atoms with Crippen molar-refractivity contribution in [3.8, 4) is 0 Å². The third-order valence-corrected chi connectivity index (χ3v) is 3.56. The summed E-state index contributed by atoms with van der Waals surface area (Å²) in [6.45, 7) is 3.65. The molecule has 4 heteroatoms. The van der Waals surface area contributed by atoms with Gasteiger partial charge in [-0.15, -0.1) is 0 Å². The van der Waals surface area contributed by atoms with Crippen molar-refractivity contribution >= 4 is 12.0 Å². The molecule has 98 valence electrons. The zero-order valence-corrected chi connectivity index (χ0v) is 10.8. The van der Waals surface area contributed by atoms with E-state index in [1.165, 1.54) is 5.69 Å². The van der Waals surface area contributed by atoms with Crippen LogP contribution in [-0.4, -0.2) is 21.9 Å². The molecule has 3 rings (SSSR count). The number of hydrogen-bond acceptors (Lipinski definition) is 2. The summed E-state index contributed by atoms with van der Waals surface area (Å²) in [4.78, 5) is 14.1. The van der Waals surface area contributed by atoms with Gasteiger partial charge in [0.25, 0.3) is 0 Å². The minimum absolute atomic E-state index is 0.0244. The number of rotatable bonds is 2. The van der Waals surface area contributed by atoms with Crippen LogP contribution in [0.4, 0.5) is 0 Å². The zero-order valence-electron chi connectivity index (χ0n) is 10.8. The maximum Gasteiger partial charge on any atom is 0.247 e. The summed E-state index contributed by atoms with van der Waals surface area (Å²) in [5.74, 6) is 0.720. The van der Waals surface area contributed by atoms with Crippen molar-refractivity contribution in [3.05, 3.63) is 54.3 Å². The lowest BCUT2D eigenvalue weighted by Gasteiger charge is -2.34. The number of aromatic nitrogens is 1. The Labute approximate surface area is 111 Å². The van der Waals surface area contributed by atoms with Crippen LogP contribution in [0.2, 0.25) is 0 Å². The lowest BCUT2D eigenvalue weighted by Crippen LogP contribution is -2.39. The van der Waals surface area contributed by atoms with Crippen molar-refractivity contribution in [2.45, 2.75) is 19.5 Å². The molecule has 0 bridgehead atoms. The molecule has 0 unspecified atom stereocenters. The molecular weight excluding hydrogens is 240 g/mol. The summed E-state index contributed by atoms with van der Waals surface area (Å²) in [5, 5.41) is 0. The van der Waals surface area contributed by atoms with Crippen LogP contribution in [0.3, 0.4) is 0 Å². The number of carbonyl (C=O) groups is 1. The van der Waals surface area contributed by atoms with E-state index in [4.69, 9.17) is 4.42 Å². The van der Waals surface area contributed by atoms with E-state index in [2.05, 4.69) is 23.8 Å². The van der Waals surface area contributed by atoms with Crippen LogP contribution in [0.25, 0.3) is 6.08 Å². The van der Waals surface area contributed by atoms with Crippen molar-refractivity contribution < 1.29 is 9.21 Å². The Morgan fingerprint density at radius 1 is 1.37 bits per heavy atom. The molecule has 3 heterocycles. The predicted octanol–water partition coefficient (Wildman–Crippen LogP) is 2.70. The van der Waals surface area contributed by atoms with Gasteiger partial charge in [0.15, 0.2) is 0 Å². The molecule has 4 nitrogen and oxygen atoms in total. The Balaban J connectivity index is 1.75. The summed E-state index contributed by atoms with van der Waals surface area (Å²) in [7, 11) is 0. The van der Waals surface area contributed by atoms with Crippen molar-refractivity contribution in [3.63, 3.8) is 0 Å². The number of amides is 1. The summed E-state index contributed by atoms with van der Waals surface area (Å²) >= 11 is 0. The quantitative estimate of drug-likeness (QED) is 0.775. The monoisotopic (exact) mass is 256 g/mol. The third kappa shape index (κ3) is 2.21. The SMILES string of the molecule is C[C@H]1c2cccn2CCN1C(=O)/C=C\c1ccco1. The van der Waals surface area contributed by atoms with Crippen molar-refractivity contribution in [2.24, 2.45) is 0 Å². The first-order chi connectivity index (χ1) is 9.25. The second-order valence-corrected chi connectivity index (χ2v) is 4.68. The third-order valence-electron chi connectivity index (χ3n) is 3.56. The van der Waals surface area contributed by atoms with Crippen LogP contribution in [0.5, 0.6) is 0 Å². The fourth-order valence-corrected chi connectivity index (χ4v) is 2.52. The predicted molar refractivity (Wildman–Crippen MR) is 72.3 cm³/mol. The van der Waals surface area contributed by atoms with Crippen LogP contribution in [0.1, 0.15) is 24.4 Å². The Hall–Kier alpha value is -2.23. The van der Waals surface area contributed by atoms with Gasteiger partial charge < -0.3 is 13.9 Å². The number of fused-ring (bicyclic) bond motifs is 1. The smallest absolute Gasteiger partial charge is 0.247 e.